The molecule has 1 aromatic rings. The number of carbonyl (C=O) groups is 2. The third kappa shape index (κ3) is 4.48. The smallest absolute Gasteiger partial charge is 0.334 e. The van der Waals surface area contributed by atoms with E-state index in [9.17, 15) is 30.0 Å². The number of halogens is 2. The fourth-order valence-corrected chi connectivity index (χ4v) is 4.53. The zero-order valence-corrected chi connectivity index (χ0v) is 18.4. The van der Waals surface area contributed by atoms with Crippen molar-refractivity contribution >= 4 is 35.1 Å². The van der Waals surface area contributed by atoms with Crippen molar-refractivity contribution in [3.8, 4) is 0 Å². The number of rotatable bonds is 5. The summed E-state index contributed by atoms with van der Waals surface area (Å²) < 4.78 is 0. The minimum absolute atomic E-state index is 0.0412. The first kappa shape index (κ1) is 23.3. The molecule has 8 heteroatoms. The molecular weight excluding hydrogens is 443 g/mol. The van der Waals surface area contributed by atoms with Gasteiger partial charge in [0.25, 0.3) is 0 Å². The van der Waals surface area contributed by atoms with Crippen LogP contribution in [0.4, 0.5) is 0 Å². The third-order valence-electron chi connectivity index (χ3n) is 5.67. The molecule has 2 atom stereocenters. The van der Waals surface area contributed by atoms with Gasteiger partial charge in [0, 0.05) is 21.5 Å². The molecule has 0 heterocycles. The van der Waals surface area contributed by atoms with E-state index in [2.05, 4.69) is 0 Å². The Morgan fingerprint density at radius 1 is 0.871 bits per heavy atom. The molecule has 2 aliphatic rings. The summed E-state index contributed by atoms with van der Waals surface area (Å²) in [5, 5.41) is 40.8. The minimum Gasteiger partial charge on any atom is -0.478 e. The van der Waals surface area contributed by atoms with Crippen molar-refractivity contribution in [2.24, 2.45) is 0 Å². The molecule has 1 aromatic carbocycles. The molecule has 3 rings (SSSR count). The molecule has 2 unspecified atom stereocenters. The molecule has 0 bridgehead atoms. The van der Waals surface area contributed by atoms with E-state index in [0.717, 1.165) is 0 Å². The minimum atomic E-state index is -1.56. The molecule has 4 N–H and O–H groups in total. The summed E-state index contributed by atoms with van der Waals surface area (Å²) in [7, 11) is 0. The lowest BCUT2D eigenvalue weighted by Crippen LogP contribution is -2.34. The highest BCUT2D eigenvalue weighted by Gasteiger charge is 2.38. The van der Waals surface area contributed by atoms with Crippen molar-refractivity contribution in [2.45, 2.75) is 43.8 Å². The summed E-state index contributed by atoms with van der Waals surface area (Å²) in [5.41, 5.74) is -2.00. The Morgan fingerprint density at radius 2 is 1.26 bits per heavy atom. The van der Waals surface area contributed by atoms with Crippen molar-refractivity contribution in [1.82, 2.24) is 0 Å². The van der Waals surface area contributed by atoms with E-state index >= 15 is 0 Å². The summed E-state index contributed by atoms with van der Waals surface area (Å²) >= 11 is 12.9. The molecule has 31 heavy (non-hydrogen) atoms. The molecule has 0 fully saturated rings. The monoisotopic (exact) mass is 464 g/mol. The second-order valence-electron chi connectivity index (χ2n) is 8.16. The van der Waals surface area contributed by atoms with Gasteiger partial charge in [-0.1, -0.05) is 41.4 Å². The largest absolute Gasteiger partial charge is 0.478 e. The number of hydrogen-bond acceptors (Lipinski definition) is 4. The van der Waals surface area contributed by atoms with Gasteiger partial charge < -0.3 is 20.4 Å². The van der Waals surface area contributed by atoms with Gasteiger partial charge in [0.15, 0.2) is 0 Å². The summed E-state index contributed by atoms with van der Waals surface area (Å²) in [6, 6.07) is 4.94. The van der Waals surface area contributed by atoms with Gasteiger partial charge in [0.2, 0.25) is 0 Å². The van der Waals surface area contributed by atoms with Crippen molar-refractivity contribution < 1.29 is 30.0 Å². The molecule has 0 saturated carbocycles. The van der Waals surface area contributed by atoms with Gasteiger partial charge in [-0.3, -0.25) is 0 Å². The maximum absolute atomic E-state index is 11.8. The fourth-order valence-electron chi connectivity index (χ4n) is 3.91. The number of hydrogen-bond donors (Lipinski definition) is 4. The molecule has 0 aromatic heterocycles. The van der Waals surface area contributed by atoms with Crippen LogP contribution >= 0.6 is 23.2 Å². The number of carboxylic acid groups (broad SMARTS) is 2. The highest BCUT2D eigenvalue weighted by molar-refractivity contribution is 6.36. The standard InChI is InChI=1S/C23H22Cl2O6/c1-22(30)8-6-12(10-14(22)20(26)27)18(19-16(24)4-3-5-17(19)25)13-7-9-23(2,31)15(11-13)21(28)29/h3-7,10-11,18,30-31H,8-9H2,1-2H3,(H,26,27)(H,28,29). The number of aliphatic carboxylic acids is 2. The molecule has 2 aliphatic carbocycles. The van der Waals surface area contributed by atoms with Crippen LogP contribution in [0.25, 0.3) is 0 Å². The lowest BCUT2D eigenvalue weighted by molar-refractivity contribution is -0.136. The molecule has 0 aliphatic heterocycles. The van der Waals surface area contributed by atoms with Gasteiger partial charge in [-0.25, -0.2) is 9.59 Å². The first-order valence-electron chi connectivity index (χ1n) is 9.55. The van der Waals surface area contributed by atoms with Gasteiger partial charge in [0.05, 0.1) is 22.3 Å². The molecular formula is C23H22Cl2O6. The number of aliphatic hydroxyl groups is 2. The van der Waals surface area contributed by atoms with Gasteiger partial charge in [-0.05, 0) is 62.1 Å². The Hall–Kier alpha value is -2.38. The number of carboxylic acids is 2. The lowest BCUT2D eigenvalue weighted by Gasteiger charge is -2.33. The van der Waals surface area contributed by atoms with E-state index in [-0.39, 0.29) is 24.0 Å². The van der Waals surface area contributed by atoms with E-state index in [1.165, 1.54) is 26.0 Å². The Morgan fingerprint density at radius 3 is 1.61 bits per heavy atom. The molecule has 164 valence electrons. The van der Waals surface area contributed by atoms with E-state index in [4.69, 9.17) is 23.2 Å². The van der Waals surface area contributed by atoms with E-state index in [0.29, 0.717) is 26.8 Å². The van der Waals surface area contributed by atoms with Crippen LogP contribution in [0.3, 0.4) is 0 Å². The van der Waals surface area contributed by atoms with Crippen molar-refractivity contribution in [3.05, 3.63) is 80.4 Å². The van der Waals surface area contributed by atoms with Crippen LogP contribution < -0.4 is 0 Å². The predicted molar refractivity (Wildman–Crippen MR) is 117 cm³/mol. The number of allylic oxidation sites excluding steroid dienone is 4. The maximum Gasteiger partial charge on any atom is 0.334 e. The van der Waals surface area contributed by atoms with Crippen molar-refractivity contribution in [2.75, 3.05) is 0 Å². The van der Waals surface area contributed by atoms with Crippen molar-refractivity contribution in [1.29, 1.82) is 0 Å². The predicted octanol–water partition coefficient (Wildman–Crippen LogP) is 4.26. The van der Waals surface area contributed by atoms with Crippen molar-refractivity contribution in [3.63, 3.8) is 0 Å². The van der Waals surface area contributed by atoms with Gasteiger partial charge in [-0.2, -0.15) is 0 Å². The Labute approximate surface area is 189 Å². The normalized spacial score (nSPS) is 26.9. The lowest BCUT2D eigenvalue weighted by atomic mass is 9.74. The Bertz CT molecular complexity index is 995. The SMILES string of the molecule is CC1(O)CC=C(C(C2=CCC(C)(O)C(C(=O)O)=C2)c2c(Cl)cccc2Cl)C=C1C(=O)O. The number of benzene rings is 1. The summed E-state index contributed by atoms with van der Waals surface area (Å²) in [5.74, 6) is -3.22. The maximum atomic E-state index is 11.8. The van der Waals surface area contributed by atoms with Crippen LogP contribution in [0, 0.1) is 0 Å². The average molecular weight is 465 g/mol. The Balaban J connectivity index is 2.24. The summed E-state index contributed by atoms with van der Waals surface area (Å²) in [6.45, 7) is 2.83. The second kappa shape index (κ2) is 8.28. The first-order chi connectivity index (χ1) is 14.3. The van der Waals surface area contributed by atoms with Crippen LogP contribution in [0.1, 0.15) is 38.2 Å². The zero-order chi connectivity index (χ0) is 23.1. The molecule has 6 nitrogen and oxygen atoms in total. The van der Waals surface area contributed by atoms with E-state index in [1.54, 1.807) is 30.4 Å². The highest BCUT2D eigenvalue weighted by atomic mass is 35.5. The highest BCUT2D eigenvalue weighted by Crippen LogP contribution is 2.46. The third-order valence-corrected chi connectivity index (χ3v) is 6.33. The second-order valence-corrected chi connectivity index (χ2v) is 8.97. The van der Waals surface area contributed by atoms with Crippen LogP contribution in [0.15, 0.2) is 64.8 Å². The van der Waals surface area contributed by atoms with Gasteiger partial charge in [0.1, 0.15) is 0 Å². The quantitative estimate of drug-likeness (QED) is 0.517. The Kier molecular flexibility index (Phi) is 6.22. The van der Waals surface area contributed by atoms with Gasteiger partial charge >= 0.3 is 11.9 Å². The average Bonchev–Trinajstić information content (AvgIpc) is 2.65. The van der Waals surface area contributed by atoms with E-state index < -0.39 is 29.1 Å². The van der Waals surface area contributed by atoms with Crippen LogP contribution in [-0.4, -0.2) is 43.6 Å². The van der Waals surface area contributed by atoms with E-state index in [1.807, 2.05) is 0 Å². The molecule has 0 radical (unpaired) electrons. The molecule has 0 spiro atoms. The fraction of sp³-hybridized carbons (Fsp3) is 0.304. The van der Waals surface area contributed by atoms with Crippen LogP contribution in [0.5, 0.6) is 0 Å². The molecule has 0 amide bonds. The van der Waals surface area contributed by atoms with Crippen LogP contribution in [0.2, 0.25) is 10.0 Å². The molecule has 0 saturated heterocycles. The topological polar surface area (TPSA) is 115 Å². The van der Waals surface area contributed by atoms with Crippen LogP contribution in [-0.2, 0) is 9.59 Å². The van der Waals surface area contributed by atoms with Gasteiger partial charge in [-0.15, -0.1) is 0 Å². The summed E-state index contributed by atoms with van der Waals surface area (Å²) in [4.78, 5) is 23.5. The zero-order valence-electron chi connectivity index (χ0n) is 16.9. The summed E-state index contributed by atoms with van der Waals surface area (Å²) in [6.07, 6.45) is 6.21. The first-order valence-corrected chi connectivity index (χ1v) is 10.3.